The Morgan fingerprint density at radius 1 is 0.838 bits per heavy atom. The average molecular weight is 533 g/mol. The van der Waals surface area contributed by atoms with Crippen molar-refractivity contribution in [2.75, 3.05) is 0 Å². The molecular formula is C29H22Cl2N2O4. The van der Waals surface area contributed by atoms with Gasteiger partial charge in [-0.05, 0) is 85.3 Å². The van der Waals surface area contributed by atoms with E-state index in [1.807, 2.05) is 19.1 Å². The molecule has 186 valence electrons. The van der Waals surface area contributed by atoms with Crippen molar-refractivity contribution in [2.45, 2.75) is 13.5 Å². The lowest BCUT2D eigenvalue weighted by Gasteiger charge is -2.08. The summed E-state index contributed by atoms with van der Waals surface area (Å²) in [6, 6.07) is 25.8. The van der Waals surface area contributed by atoms with Crippen molar-refractivity contribution in [2.24, 2.45) is 5.10 Å². The van der Waals surface area contributed by atoms with Gasteiger partial charge >= 0.3 is 5.97 Å². The molecule has 1 amide bonds. The van der Waals surface area contributed by atoms with Gasteiger partial charge in [0.25, 0.3) is 5.91 Å². The summed E-state index contributed by atoms with van der Waals surface area (Å²) in [5.74, 6) is 0.202. The van der Waals surface area contributed by atoms with E-state index < -0.39 is 5.97 Å². The van der Waals surface area contributed by atoms with Gasteiger partial charge in [-0.25, -0.2) is 10.2 Å². The number of benzene rings is 4. The van der Waals surface area contributed by atoms with E-state index in [2.05, 4.69) is 10.5 Å². The Morgan fingerprint density at radius 3 is 2.16 bits per heavy atom. The number of nitrogens with zero attached hydrogens (tertiary/aromatic N) is 1. The van der Waals surface area contributed by atoms with Gasteiger partial charge in [-0.15, -0.1) is 0 Å². The molecule has 0 spiro atoms. The number of nitrogens with one attached hydrogen (secondary N) is 1. The number of halogens is 2. The lowest BCUT2D eigenvalue weighted by molar-refractivity contribution is 0.0734. The maximum Gasteiger partial charge on any atom is 0.343 e. The normalized spacial score (nSPS) is 10.8. The number of esters is 1. The van der Waals surface area contributed by atoms with Crippen LogP contribution in [-0.4, -0.2) is 18.1 Å². The molecular weight excluding hydrogens is 511 g/mol. The van der Waals surface area contributed by atoms with Crippen LogP contribution >= 0.6 is 23.2 Å². The number of rotatable bonds is 8. The summed E-state index contributed by atoms with van der Waals surface area (Å²) in [6.45, 7) is 2.22. The maximum atomic E-state index is 12.4. The summed E-state index contributed by atoms with van der Waals surface area (Å²) in [7, 11) is 0. The highest BCUT2D eigenvalue weighted by Crippen LogP contribution is 2.23. The largest absolute Gasteiger partial charge is 0.489 e. The molecule has 0 saturated heterocycles. The highest BCUT2D eigenvalue weighted by atomic mass is 35.5. The van der Waals surface area contributed by atoms with E-state index in [1.165, 1.54) is 6.21 Å². The van der Waals surface area contributed by atoms with Crippen LogP contribution in [0.3, 0.4) is 0 Å². The molecule has 0 unspecified atom stereocenters. The van der Waals surface area contributed by atoms with E-state index >= 15 is 0 Å². The minimum atomic E-state index is -0.432. The second kappa shape index (κ2) is 12.2. The molecule has 8 heteroatoms. The number of hydrazone groups is 1. The minimum Gasteiger partial charge on any atom is -0.489 e. The van der Waals surface area contributed by atoms with Crippen molar-refractivity contribution < 1.29 is 19.1 Å². The predicted molar refractivity (Wildman–Crippen MR) is 145 cm³/mol. The Hall–Kier alpha value is -4.13. The molecule has 0 atom stereocenters. The van der Waals surface area contributed by atoms with Gasteiger partial charge in [0, 0.05) is 21.2 Å². The molecule has 37 heavy (non-hydrogen) atoms. The van der Waals surface area contributed by atoms with Crippen molar-refractivity contribution >= 4 is 41.3 Å². The van der Waals surface area contributed by atoms with E-state index in [-0.39, 0.29) is 12.5 Å². The molecule has 0 radical (unpaired) electrons. The van der Waals surface area contributed by atoms with Gasteiger partial charge in [0.1, 0.15) is 18.1 Å². The molecule has 4 aromatic rings. The predicted octanol–water partition coefficient (Wildman–Crippen LogP) is 6.86. The van der Waals surface area contributed by atoms with Gasteiger partial charge in [-0.3, -0.25) is 4.79 Å². The standard InChI is InChI=1S/C29H22Cl2N2O4/c1-19-2-6-22(7-3-19)29(35)37-26-12-4-20(5-13-26)17-32-33-28(34)21-9-14-25(15-10-21)36-18-23-8-11-24(30)16-27(23)31/h2-17H,18H2,1H3,(H,33,34)/b32-17+. The van der Waals surface area contributed by atoms with Gasteiger partial charge < -0.3 is 9.47 Å². The third-order valence-corrected chi connectivity index (χ3v) is 5.87. The van der Waals surface area contributed by atoms with Crippen LogP contribution < -0.4 is 14.9 Å². The molecule has 0 saturated carbocycles. The summed E-state index contributed by atoms with van der Waals surface area (Å²) in [6.07, 6.45) is 1.50. The van der Waals surface area contributed by atoms with Crippen LogP contribution in [0, 0.1) is 6.92 Å². The first-order chi connectivity index (χ1) is 17.9. The minimum absolute atomic E-state index is 0.274. The number of aryl methyl sites for hydroxylation is 1. The summed E-state index contributed by atoms with van der Waals surface area (Å²) < 4.78 is 11.1. The molecule has 4 rings (SSSR count). The number of carbonyl (C=O) groups is 2. The number of carbonyl (C=O) groups excluding carboxylic acids is 2. The summed E-state index contributed by atoms with van der Waals surface area (Å²) >= 11 is 12.1. The number of hydrogen-bond donors (Lipinski definition) is 1. The summed E-state index contributed by atoms with van der Waals surface area (Å²) in [5.41, 5.74) is 5.98. The van der Waals surface area contributed by atoms with E-state index in [0.29, 0.717) is 32.7 Å². The lowest BCUT2D eigenvalue weighted by Crippen LogP contribution is -2.17. The first-order valence-corrected chi connectivity index (χ1v) is 12.0. The van der Waals surface area contributed by atoms with Crippen molar-refractivity contribution in [3.63, 3.8) is 0 Å². The SMILES string of the molecule is Cc1ccc(C(=O)Oc2ccc(/C=N/NC(=O)c3ccc(OCc4ccc(Cl)cc4Cl)cc3)cc2)cc1. The second-order valence-corrected chi connectivity index (χ2v) is 8.92. The molecule has 0 aliphatic rings. The summed E-state index contributed by atoms with van der Waals surface area (Å²) in [5, 5.41) is 5.08. The molecule has 4 aromatic carbocycles. The van der Waals surface area contributed by atoms with Crippen LogP contribution in [0.4, 0.5) is 0 Å². The molecule has 0 aromatic heterocycles. The van der Waals surface area contributed by atoms with Gasteiger partial charge in [-0.2, -0.15) is 5.10 Å². The van der Waals surface area contributed by atoms with Crippen LogP contribution in [0.2, 0.25) is 10.0 Å². The maximum absolute atomic E-state index is 12.4. The highest BCUT2D eigenvalue weighted by molar-refractivity contribution is 6.35. The quantitative estimate of drug-likeness (QED) is 0.116. The van der Waals surface area contributed by atoms with Gasteiger partial charge in [0.2, 0.25) is 0 Å². The average Bonchev–Trinajstić information content (AvgIpc) is 2.90. The van der Waals surface area contributed by atoms with E-state index in [9.17, 15) is 9.59 Å². The fourth-order valence-electron chi connectivity index (χ4n) is 3.21. The summed E-state index contributed by atoms with van der Waals surface area (Å²) in [4.78, 5) is 24.6. The fraction of sp³-hybridized carbons (Fsp3) is 0.0690. The van der Waals surface area contributed by atoms with Crippen LogP contribution in [-0.2, 0) is 6.61 Å². The molecule has 0 heterocycles. The number of ether oxygens (including phenoxy) is 2. The second-order valence-electron chi connectivity index (χ2n) is 8.07. The van der Waals surface area contributed by atoms with Crippen LogP contribution in [0.15, 0.2) is 96.1 Å². The Balaban J connectivity index is 1.26. The molecule has 0 aliphatic carbocycles. The molecule has 0 bridgehead atoms. The fourth-order valence-corrected chi connectivity index (χ4v) is 3.67. The molecule has 0 aliphatic heterocycles. The molecule has 6 nitrogen and oxygen atoms in total. The lowest BCUT2D eigenvalue weighted by atomic mass is 10.1. The van der Waals surface area contributed by atoms with Crippen molar-refractivity contribution in [1.82, 2.24) is 5.43 Å². The van der Waals surface area contributed by atoms with Gasteiger partial charge in [-0.1, -0.05) is 47.0 Å². The third-order valence-electron chi connectivity index (χ3n) is 5.28. The Bertz CT molecular complexity index is 1420. The molecule has 0 fully saturated rings. The van der Waals surface area contributed by atoms with Gasteiger partial charge in [0.15, 0.2) is 0 Å². The van der Waals surface area contributed by atoms with Gasteiger partial charge in [0.05, 0.1) is 11.8 Å². The van der Waals surface area contributed by atoms with Crippen molar-refractivity contribution in [3.8, 4) is 11.5 Å². The van der Waals surface area contributed by atoms with E-state index in [4.69, 9.17) is 32.7 Å². The number of amides is 1. The van der Waals surface area contributed by atoms with Crippen molar-refractivity contribution in [1.29, 1.82) is 0 Å². The Labute approximate surface area is 224 Å². The Morgan fingerprint density at radius 2 is 1.49 bits per heavy atom. The smallest absolute Gasteiger partial charge is 0.343 e. The molecule has 1 N–H and O–H groups in total. The zero-order chi connectivity index (χ0) is 26.2. The van der Waals surface area contributed by atoms with Crippen LogP contribution in [0.25, 0.3) is 0 Å². The monoisotopic (exact) mass is 532 g/mol. The van der Waals surface area contributed by atoms with Crippen LogP contribution in [0.1, 0.15) is 37.4 Å². The van der Waals surface area contributed by atoms with Crippen molar-refractivity contribution in [3.05, 3.63) is 129 Å². The first kappa shape index (κ1) is 25.9. The third kappa shape index (κ3) is 7.43. The zero-order valence-electron chi connectivity index (χ0n) is 19.8. The van der Waals surface area contributed by atoms with E-state index in [1.54, 1.807) is 78.9 Å². The Kier molecular flexibility index (Phi) is 8.56. The topological polar surface area (TPSA) is 77.0 Å². The van der Waals surface area contributed by atoms with E-state index in [0.717, 1.165) is 16.7 Å². The van der Waals surface area contributed by atoms with Crippen LogP contribution in [0.5, 0.6) is 11.5 Å². The zero-order valence-corrected chi connectivity index (χ0v) is 21.3. The first-order valence-electron chi connectivity index (χ1n) is 11.3. The highest BCUT2D eigenvalue weighted by Gasteiger charge is 2.09. The number of hydrogen-bond acceptors (Lipinski definition) is 5.